The van der Waals surface area contributed by atoms with E-state index in [0.717, 1.165) is 0 Å². The Bertz CT molecular complexity index is 302. The second-order valence-corrected chi connectivity index (χ2v) is 4.90. The molecule has 1 amide bonds. The van der Waals surface area contributed by atoms with E-state index < -0.39 is 17.4 Å². The third-order valence-electron chi connectivity index (χ3n) is 3.44. The van der Waals surface area contributed by atoms with Gasteiger partial charge in [-0.05, 0) is 19.3 Å². The van der Waals surface area contributed by atoms with Crippen molar-refractivity contribution < 1.29 is 14.7 Å². The van der Waals surface area contributed by atoms with Gasteiger partial charge in [0.2, 0.25) is 5.91 Å². The lowest BCUT2D eigenvalue weighted by atomic mass is 9.99. The van der Waals surface area contributed by atoms with E-state index in [9.17, 15) is 9.59 Å². The van der Waals surface area contributed by atoms with Crippen LogP contribution in [-0.2, 0) is 9.59 Å². The van der Waals surface area contributed by atoms with Crippen molar-refractivity contribution in [1.29, 1.82) is 0 Å². The monoisotopic (exact) mass is 228 g/mol. The summed E-state index contributed by atoms with van der Waals surface area (Å²) in [5.41, 5.74) is 4.99. The molecule has 0 aliphatic carbocycles. The first-order chi connectivity index (χ1) is 7.29. The van der Waals surface area contributed by atoms with Crippen LogP contribution in [-0.4, -0.2) is 40.5 Å². The summed E-state index contributed by atoms with van der Waals surface area (Å²) in [6.07, 6.45) is 0.550. The molecule has 1 rings (SSSR count). The van der Waals surface area contributed by atoms with Crippen molar-refractivity contribution in [3.63, 3.8) is 0 Å². The average Bonchev–Trinajstić information content (AvgIpc) is 2.59. The first-order valence-corrected chi connectivity index (χ1v) is 5.60. The average molecular weight is 228 g/mol. The second kappa shape index (κ2) is 4.41. The van der Waals surface area contributed by atoms with Gasteiger partial charge in [-0.1, -0.05) is 13.8 Å². The highest BCUT2D eigenvalue weighted by Crippen LogP contribution is 2.25. The third-order valence-corrected chi connectivity index (χ3v) is 3.44. The molecule has 0 aromatic carbocycles. The Kier molecular flexibility index (Phi) is 3.57. The quantitative estimate of drug-likeness (QED) is 0.727. The van der Waals surface area contributed by atoms with Gasteiger partial charge in [0, 0.05) is 13.1 Å². The first-order valence-electron chi connectivity index (χ1n) is 5.60. The fourth-order valence-electron chi connectivity index (χ4n) is 1.97. The highest BCUT2D eigenvalue weighted by atomic mass is 16.4. The molecule has 5 nitrogen and oxygen atoms in total. The summed E-state index contributed by atoms with van der Waals surface area (Å²) in [5.74, 6) is -1.45. The molecular weight excluding hydrogens is 208 g/mol. The number of nitrogens with two attached hydrogens (primary N) is 1. The van der Waals surface area contributed by atoms with Crippen molar-refractivity contribution in [3.05, 3.63) is 0 Å². The number of likely N-dealkylation sites (tertiary alicyclic amines) is 1. The summed E-state index contributed by atoms with van der Waals surface area (Å²) in [6, 6.07) is 0. The molecule has 0 bridgehead atoms. The highest BCUT2D eigenvalue weighted by molar-refractivity contribution is 5.86. The van der Waals surface area contributed by atoms with Crippen LogP contribution in [0, 0.1) is 11.8 Å². The van der Waals surface area contributed by atoms with Gasteiger partial charge in [0.25, 0.3) is 0 Å². The van der Waals surface area contributed by atoms with Crippen molar-refractivity contribution in [2.75, 3.05) is 13.1 Å². The van der Waals surface area contributed by atoms with E-state index in [2.05, 4.69) is 0 Å². The molecule has 0 aromatic heterocycles. The molecule has 0 radical (unpaired) electrons. The van der Waals surface area contributed by atoms with Gasteiger partial charge in [0.15, 0.2) is 0 Å². The van der Waals surface area contributed by atoms with Gasteiger partial charge in [-0.3, -0.25) is 9.59 Å². The normalized spacial score (nSPS) is 28.9. The summed E-state index contributed by atoms with van der Waals surface area (Å²) < 4.78 is 0. The topological polar surface area (TPSA) is 83.6 Å². The van der Waals surface area contributed by atoms with E-state index in [4.69, 9.17) is 10.8 Å². The van der Waals surface area contributed by atoms with Crippen LogP contribution < -0.4 is 5.73 Å². The Hall–Kier alpha value is -1.10. The number of carbonyl (C=O) groups excluding carboxylic acids is 1. The summed E-state index contributed by atoms with van der Waals surface area (Å²) in [6.45, 7) is 6.16. The molecule has 1 fully saturated rings. The van der Waals surface area contributed by atoms with E-state index >= 15 is 0 Å². The lowest BCUT2D eigenvalue weighted by molar-refractivity contribution is -0.142. The van der Waals surface area contributed by atoms with Crippen LogP contribution in [0.1, 0.15) is 27.2 Å². The van der Waals surface area contributed by atoms with Gasteiger partial charge >= 0.3 is 5.97 Å². The fraction of sp³-hybridized carbons (Fsp3) is 0.818. The second-order valence-electron chi connectivity index (χ2n) is 4.90. The largest absolute Gasteiger partial charge is 0.481 e. The molecule has 1 unspecified atom stereocenters. The van der Waals surface area contributed by atoms with E-state index in [1.165, 1.54) is 0 Å². The van der Waals surface area contributed by atoms with Crippen LogP contribution in [0.25, 0.3) is 0 Å². The maximum absolute atomic E-state index is 12.0. The number of carbonyl (C=O) groups is 2. The van der Waals surface area contributed by atoms with Crippen LogP contribution in [0.5, 0.6) is 0 Å². The number of rotatable bonds is 3. The van der Waals surface area contributed by atoms with E-state index in [0.29, 0.717) is 13.0 Å². The van der Waals surface area contributed by atoms with Crippen LogP contribution in [0.4, 0.5) is 0 Å². The van der Waals surface area contributed by atoms with Gasteiger partial charge in [-0.15, -0.1) is 0 Å². The Labute approximate surface area is 95.6 Å². The molecule has 0 spiro atoms. The Morgan fingerprint density at radius 1 is 1.50 bits per heavy atom. The predicted octanol–water partition coefficient (Wildman–Crippen LogP) is 0.293. The number of hydrogen-bond acceptors (Lipinski definition) is 3. The predicted molar refractivity (Wildman–Crippen MR) is 59.8 cm³/mol. The highest BCUT2D eigenvalue weighted by Gasteiger charge is 2.41. The molecule has 1 heterocycles. The zero-order valence-electron chi connectivity index (χ0n) is 10.1. The van der Waals surface area contributed by atoms with E-state index in [-0.39, 0.29) is 18.4 Å². The maximum Gasteiger partial charge on any atom is 0.308 e. The summed E-state index contributed by atoms with van der Waals surface area (Å²) in [7, 11) is 0. The molecule has 0 saturated carbocycles. The number of carboxylic acid groups (broad SMARTS) is 1. The smallest absolute Gasteiger partial charge is 0.308 e. The van der Waals surface area contributed by atoms with Crippen molar-refractivity contribution in [1.82, 2.24) is 4.90 Å². The van der Waals surface area contributed by atoms with Gasteiger partial charge in [-0.2, -0.15) is 0 Å². The number of nitrogens with zero attached hydrogens (tertiary/aromatic N) is 1. The first kappa shape index (κ1) is 13.0. The molecule has 3 N–H and O–H groups in total. The van der Waals surface area contributed by atoms with Crippen molar-refractivity contribution in [3.8, 4) is 0 Å². The molecule has 92 valence electrons. The molecule has 1 aliphatic rings. The van der Waals surface area contributed by atoms with Gasteiger partial charge in [0.1, 0.15) is 0 Å². The molecule has 5 heteroatoms. The van der Waals surface area contributed by atoms with Crippen LogP contribution >= 0.6 is 0 Å². The van der Waals surface area contributed by atoms with Crippen LogP contribution in [0.3, 0.4) is 0 Å². The van der Waals surface area contributed by atoms with Gasteiger partial charge < -0.3 is 15.7 Å². The Balaban J connectivity index is 2.72. The third kappa shape index (κ3) is 2.35. The minimum atomic E-state index is -0.882. The Morgan fingerprint density at radius 2 is 2.06 bits per heavy atom. The number of hydrogen-bond donors (Lipinski definition) is 2. The molecule has 1 aliphatic heterocycles. The van der Waals surface area contributed by atoms with Crippen molar-refractivity contribution in [2.24, 2.45) is 17.6 Å². The zero-order valence-corrected chi connectivity index (χ0v) is 10.1. The van der Waals surface area contributed by atoms with Crippen molar-refractivity contribution >= 4 is 11.9 Å². The van der Waals surface area contributed by atoms with Crippen LogP contribution in [0.15, 0.2) is 0 Å². The minimum Gasteiger partial charge on any atom is -0.481 e. The zero-order chi connectivity index (χ0) is 12.5. The summed E-state index contributed by atoms with van der Waals surface area (Å²) in [5, 5.41) is 8.97. The summed E-state index contributed by atoms with van der Waals surface area (Å²) >= 11 is 0. The molecule has 0 aromatic rings. The maximum atomic E-state index is 12.0. The fourth-order valence-corrected chi connectivity index (χ4v) is 1.97. The lowest BCUT2D eigenvalue weighted by Gasteiger charge is -2.28. The lowest BCUT2D eigenvalue weighted by Crippen LogP contribution is -2.52. The number of carboxylic acids is 1. The van der Waals surface area contributed by atoms with Crippen LogP contribution in [0.2, 0.25) is 0 Å². The van der Waals surface area contributed by atoms with Gasteiger partial charge in [-0.25, -0.2) is 0 Å². The summed E-state index contributed by atoms with van der Waals surface area (Å²) in [4.78, 5) is 24.5. The molecule has 3 atom stereocenters. The van der Waals surface area contributed by atoms with Gasteiger partial charge in [0.05, 0.1) is 11.5 Å². The number of amides is 1. The van der Waals surface area contributed by atoms with E-state index in [1.54, 1.807) is 11.8 Å². The molecular formula is C11H20N2O3. The molecule has 1 saturated heterocycles. The van der Waals surface area contributed by atoms with Crippen molar-refractivity contribution in [2.45, 2.75) is 32.7 Å². The minimum absolute atomic E-state index is 0.00546. The Morgan fingerprint density at radius 3 is 2.44 bits per heavy atom. The SMILES string of the molecule is CCC(C)(N)C(=O)N1C[C@@H](C)[C@H](C(=O)O)C1. The standard InChI is InChI=1S/C11H20N2O3/c1-4-11(3,12)10(16)13-5-7(2)8(6-13)9(14)15/h7-8H,4-6,12H2,1-3H3,(H,14,15)/t7-,8-,11?/m1/s1. The number of aliphatic carboxylic acids is 1. The molecule has 16 heavy (non-hydrogen) atoms. The van der Waals surface area contributed by atoms with E-state index in [1.807, 2.05) is 13.8 Å².